The highest BCUT2D eigenvalue weighted by Gasteiger charge is 2.91. The Morgan fingerprint density at radius 3 is 1.40 bits per heavy atom. The molecule has 0 radical (unpaired) electrons. The first kappa shape index (κ1) is 28.0. The fourth-order valence-electron chi connectivity index (χ4n) is 1.40. The lowest BCUT2D eigenvalue weighted by molar-refractivity contribution is -0.455. The van der Waals surface area contributed by atoms with E-state index in [2.05, 4.69) is 4.74 Å². The van der Waals surface area contributed by atoms with Gasteiger partial charge in [0.25, 0.3) is 0 Å². The van der Waals surface area contributed by atoms with Crippen LogP contribution in [0.4, 0.5) is 70.2 Å². The second-order valence-corrected chi connectivity index (χ2v) is 5.11. The third kappa shape index (κ3) is 4.53. The van der Waals surface area contributed by atoms with Crippen LogP contribution < -0.4 is 0 Å². The molecule has 0 aromatic carbocycles. The van der Waals surface area contributed by atoms with Crippen LogP contribution in [0, 0.1) is 0 Å². The Morgan fingerprint density at radius 2 is 1.07 bits per heavy atom. The molecule has 0 saturated carbocycles. The second kappa shape index (κ2) is 7.63. The summed E-state index contributed by atoms with van der Waals surface area (Å²) in [5, 5.41) is 7.90. The fourth-order valence-corrected chi connectivity index (χ4v) is 1.40. The molecule has 3 nitrogen and oxygen atoms in total. The lowest BCUT2D eigenvalue weighted by Gasteiger charge is -2.40. The third-order valence-electron chi connectivity index (χ3n) is 2.91. The predicted octanol–water partition coefficient (Wildman–Crippen LogP) is 5.27. The average molecular weight is 488 g/mol. The van der Waals surface area contributed by atoms with E-state index in [9.17, 15) is 75.0 Å². The van der Waals surface area contributed by atoms with Crippen LogP contribution in [0.3, 0.4) is 0 Å². The molecule has 0 saturated heterocycles. The van der Waals surface area contributed by atoms with E-state index in [1.165, 1.54) is 0 Å². The van der Waals surface area contributed by atoms with E-state index in [-0.39, 0.29) is 0 Å². The van der Waals surface area contributed by atoms with Crippen LogP contribution in [0.25, 0.3) is 0 Å². The Bertz CT molecular complexity index is 676. The lowest BCUT2D eigenvalue weighted by atomic mass is 9.93. The van der Waals surface area contributed by atoms with Crippen LogP contribution in [-0.4, -0.2) is 59.6 Å². The molecule has 0 atom stereocenters. The van der Waals surface area contributed by atoms with E-state index in [1.807, 2.05) is 0 Å². The van der Waals surface area contributed by atoms with Gasteiger partial charge in [-0.15, -0.1) is 0 Å². The molecular formula is C11H4F16O3. The standard InChI is InChI=1S/C11H4F16O3/c12-3(1-5(13,14)15)6(16,17)7(18,19)8(20,21)9(22,23)10(24,25)11(26,27)30-2-4(28)29/h1H,2H2,(H,28,29)/b3-1-. The molecule has 0 aromatic heterocycles. The van der Waals surface area contributed by atoms with Crippen molar-refractivity contribution < 1.29 is 84.9 Å². The van der Waals surface area contributed by atoms with Gasteiger partial charge in [0.15, 0.2) is 12.4 Å². The van der Waals surface area contributed by atoms with Gasteiger partial charge < -0.3 is 9.84 Å². The van der Waals surface area contributed by atoms with E-state index < -0.39 is 66.4 Å². The van der Waals surface area contributed by atoms with Crippen molar-refractivity contribution in [3.05, 3.63) is 11.9 Å². The smallest absolute Gasteiger partial charge is 0.426 e. The minimum Gasteiger partial charge on any atom is -0.480 e. The Balaban J connectivity index is 6.47. The number of hydrogen-bond acceptors (Lipinski definition) is 2. The third-order valence-corrected chi connectivity index (χ3v) is 2.91. The highest BCUT2D eigenvalue weighted by molar-refractivity contribution is 5.68. The topological polar surface area (TPSA) is 46.5 Å². The van der Waals surface area contributed by atoms with E-state index >= 15 is 0 Å². The Labute approximate surface area is 152 Å². The Kier molecular flexibility index (Phi) is 7.13. The number of alkyl halides is 15. The van der Waals surface area contributed by atoms with Gasteiger partial charge in [0.1, 0.15) is 0 Å². The van der Waals surface area contributed by atoms with Crippen LogP contribution in [0.15, 0.2) is 11.9 Å². The van der Waals surface area contributed by atoms with Crippen molar-refractivity contribution in [3.8, 4) is 0 Å². The monoisotopic (exact) mass is 488 g/mol. The number of hydrogen-bond donors (Lipinski definition) is 1. The number of allylic oxidation sites excluding steroid dienone is 2. The van der Waals surface area contributed by atoms with Gasteiger partial charge in [-0.3, -0.25) is 0 Å². The molecule has 19 heteroatoms. The molecule has 0 aromatic rings. The molecule has 0 heterocycles. The number of carboxylic acid groups (broad SMARTS) is 1. The van der Waals surface area contributed by atoms with Gasteiger partial charge in [0.05, 0.1) is 6.08 Å². The summed E-state index contributed by atoms with van der Waals surface area (Å²) in [5.74, 6) is -47.4. The van der Waals surface area contributed by atoms with Crippen LogP contribution >= 0.6 is 0 Å². The molecule has 0 bridgehead atoms. The second-order valence-electron chi connectivity index (χ2n) is 5.11. The average Bonchev–Trinajstić information content (AvgIpc) is 2.50. The van der Waals surface area contributed by atoms with Crippen LogP contribution in [0.2, 0.25) is 0 Å². The Morgan fingerprint density at radius 1 is 0.700 bits per heavy atom. The number of carbonyl (C=O) groups is 1. The summed E-state index contributed by atoms with van der Waals surface area (Å²) in [6.45, 7) is -2.61. The van der Waals surface area contributed by atoms with Gasteiger partial charge >= 0.3 is 47.9 Å². The largest absolute Gasteiger partial charge is 0.480 e. The van der Waals surface area contributed by atoms with E-state index in [0.717, 1.165) is 0 Å². The normalized spacial score (nSPS) is 16.1. The number of rotatable bonds is 9. The molecule has 0 spiro atoms. The number of carboxylic acids is 1. The van der Waals surface area contributed by atoms with E-state index in [4.69, 9.17) is 5.11 Å². The first-order chi connectivity index (χ1) is 12.8. The maximum absolute atomic E-state index is 13.3. The highest BCUT2D eigenvalue weighted by Crippen LogP contribution is 2.61. The summed E-state index contributed by atoms with van der Waals surface area (Å²) < 4.78 is 208. The van der Waals surface area contributed by atoms with Crippen molar-refractivity contribution in [1.29, 1.82) is 0 Å². The minimum absolute atomic E-state index is 2.39. The van der Waals surface area contributed by atoms with Gasteiger partial charge in [-0.2, -0.15) is 65.9 Å². The van der Waals surface area contributed by atoms with Gasteiger partial charge in [-0.05, 0) is 0 Å². The van der Waals surface area contributed by atoms with Gasteiger partial charge in [0, 0.05) is 0 Å². The molecule has 0 aliphatic carbocycles. The molecule has 178 valence electrons. The van der Waals surface area contributed by atoms with Gasteiger partial charge in [-0.1, -0.05) is 0 Å². The molecule has 1 N–H and O–H groups in total. The summed E-state index contributed by atoms with van der Waals surface area (Å²) in [5.41, 5.74) is 0. The number of halogens is 16. The summed E-state index contributed by atoms with van der Waals surface area (Å²) in [7, 11) is 0. The zero-order chi connectivity index (χ0) is 24.8. The van der Waals surface area contributed by atoms with Crippen molar-refractivity contribution in [2.75, 3.05) is 6.61 Å². The predicted molar refractivity (Wildman–Crippen MR) is 58.5 cm³/mol. The molecule has 0 amide bonds. The molecule has 0 unspecified atom stereocenters. The summed E-state index contributed by atoms with van der Waals surface area (Å²) in [6, 6.07) is 0. The molecule has 0 aliphatic heterocycles. The Hall–Kier alpha value is -1.95. The van der Waals surface area contributed by atoms with Gasteiger partial charge in [-0.25, -0.2) is 9.18 Å². The van der Waals surface area contributed by atoms with Crippen LogP contribution in [0.1, 0.15) is 0 Å². The minimum atomic E-state index is -8.36. The van der Waals surface area contributed by atoms with Crippen molar-refractivity contribution in [3.63, 3.8) is 0 Å². The summed E-state index contributed by atoms with van der Waals surface area (Å²) >= 11 is 0. The van der Waals surface area contributed by atoms with Gasteiger partial charge in [0.2, 0.25) is 0 Å². The zero-order valence-corrected chi connectivity index (χ0v) is 13.1. The molecule has 30 heavy (non-hydrogen) atoms. The van der Waals surface area contributed by atoms with Crippen LogP contribution in [-0.2, 0) is 9.53 Å². The number of aliphatic carboxylic acids is 1. The maximum atomic E-state index is 13.3. The van der Waals surface area contributed by atoms with E-state index in [1.54, 1.807) is 0 Å². The van der Waals surface area contributed by atoms with Crippen molar-refractivity contribution in [2.45, 2.75) is 41.9 Å². The maximum Gasteiger partial charge on any atom is 0.426 e. The molecule has 0 fully saturated rings. The van der Waals surface area contributed by atoms with Crippen LogP contribution in [0.5, 0.6) is 0 Å². The number of ether oxygens (including phenoxy) is 1. The van der Waals surface area contributed by atoms with E-state index in [0.29, 0.717) is 0 Å². The van der Waals surface area contributed by atoms with Crippen molar-refractivity contribution >= 4 is 5.97 Å². The van der Waals surface area contributed by atoms with Crippen molar-refractivity contribution in [1.82, 2.24) is 0 Å². The fraction of sp³-hybridized carbons (Fsp3) is 0.727. The quantitative estimate of drug-likeness (QED) is 0.450. The highest BCUT2D eigenvalue weighted by atomic mass is 19.4. The SMILES string of the molecule is O=C(O)COC(F)(F)C(F)(F)C(F)(F)C(F)(F)C(F)(F)C(F)(F)/C(F)=C/C(F)(F)F. The molecule has 0 aliphatic rings. The zero-order valence-electron chi connectivity index (χ0n) is 13.1. The molecular weight excluding hydrogens is 484 g/mol. The first-order valence-corrected chi connectivity index (χ1v) is 6.38. The van der Waals surface area contributed by atoms with Crippen molar-refractivity contribution in [2.24, 2.45) is 0 Å². The first-order valence-electron chi connectivity index (χ1n) is 6.38. The lowest BCUT2D eigenvalue weighted by Crippen LogP contribution is -2.71. The molecule has 0 rings (SSSR count). The summed E-state index contributed by atoms with van der Waals surface area (Å²) in [6.07, 6.45) is -15.7. The summed E-state index contributed by atoms with van der Waals surface area (Å²) in [4.78, 5) is 9.90.